The van der Waals surface area contributed by atoms with Gasteiger partial charge in [0.2, 0.25) is 5.88 Å². The van der Waals surface area contributed by atoms with Crippen molar-refractivity contribution < 1.29 is 9.47 Å². The van der Waals surface area contributed by atoms with Crippen LogP contribution < -0.4 is 20.7 Å². The van der Waals surface area contributed by atoms with Gasteiger partial charge in [0, 0.05) is 0 Å². The Hall–Kier alpha value is -2.34. The molecule has 106 valence electrons. The normalized spacial score (nSPS) is 10.4. The van der Waals surface area contributed by atoms with Gasteiger partial charge in [0.1, 0.15) is 17.8 Å². The summed E-state index contributed by atoms with van der Waals surface area (Å²) in [5, 5.41) is 0. The molecule has 0 aliphatic rings. The molecular weight excluding hydrogens is 256 g/mol. The van der Waals surface area contributed by atoms with Gasteiger partial charge in [-0.15, -0.1) is 0 Å². The van der Waals surface area contributed by atoms with Gasteiger partial charge in [-0.25, -0.2) is 15.8 Å². The Kier molecular flexibility index (Phi) is 4.37. The summed E-state index contributed by atoms with van der Waals surface area (Å²) in [6, 6.07) is 7.29. The molecule has 6 heteroatoms. The number of nitrogens with zero attached hydrogens (tertiary/aromatic N) is 2. The number of ether oxygens (including phenoxy) is 2. The first kappa shape index (κ1) is 14.1. The number of nitrogen functional groups attached to an aromatic ring is 1. The summed E-state index contributed by atoms with van der Waals surface area (Å²) in [6.45, 7) is 4.06. The van der Waals surface area contributed by atoms with E-state index in [1.807, 2.05) is 38.1 Å². The minimum absolute atomic E-state index is 0.176. The summed E-state index contributed by atoms with van der Waals surface area (Å²) in [7, 11) is 1.62. The summed E-state index contributed by atoms with van der Waals surface area (Å²) in [6.07, 6.45) is 1.42. The van der Waals surface area contributed by atoms with E-state index in [1.165, 1.54) is 6.33 Å². The molecule has 6 nitrogen and oxygen atoms in total. The van der Waals surface area contributed by atoms with Crippen molar-refractivity contribution >= 4 is 5.82 Å². The van der Waals surface area contributed by atoms with Crippen LogP contribution in [-0.2, 0) is 0 Å². The number of nitrogens with two attached hydrogens (primary N) is 1. The van der Waals surface area contributed by atoms with Crippen molar-refractivity contribution in [3.05, 3.63) is 36.2 Å². The third-order valence-electron chi connectivity index (χ3n) is 2.84. The highest BCUT2D eigenvalue weighted by Gasteiger charge is 2.16. The number of hydrazine groups is 1. The molecule has 0 aliphatic carbocycles. The molecule has 0 atom stereocenters. The van der Waals surface area contributed by atoms with E-state index in [2.05, 4.69) is 15.4 Å². The van der Waals surface area contributed by atoms with Crippen molar-refractivity contribution in [1.82, 2.24) is 9.97 Å². The molecule has 0 fully saturated rings. The molecule has 3 N–H and O–H groups in total. The van der Waals surface area contributed by atoms with Crippen LogP contribution in [0.15, 0.2) is 30.6 Å². The van der Waals surface area contributed by atoms with E-state index in [0.717, 1.165) is 11.3 Å². The largest absolute Gasteiger partial charge is 0.497 e. The van der Waals surface area contributed by atoms with E-state index in [0.29, 0.717) is 17.4 Å². The zero-order chi connectivity index (χ0) is 14.5. The van der Waals surface area contributed by atoms with Gasteiger partial charge in [0.25, 0.3) is 0 Å². The van der Waals surface area contributed by atoms with Crippen LogP contribution in [0.4, 0.5) is 5.82 Å². The van der Waals surface area contributed by atoms with Gasteiger partial charge in [-0.1, -0.05) is 13.8 Å². The Balaban J connectivity index is 2.32. The number of nitrogens with one attached hydrogen (secondary N) is 1. The van der Waals surface area contributed by atoms with Gasteiger partial charge in [0.15, 0.2) is 5.82 Å². The molecule has 0 bridgehead atoms. The highest BCUT2D eigenvalue weighted by molar-refractivity contribution is 5.50. The van der Waals surface area contributed by atoms with Crippen LogP contribution in [-0.4, -0.2) is 17.1 Å². The second kappa shape index (κ2) is 6.21. The van der Waals surface area contributed by atoms with Gasteiger partial charge in [-0.2, -0.15) is 0 Å². The first-order valence-corrected chi connectivity index (χ1v) is 6.29. The molecule has 0 saturated carbocycles. The molecule has 2 rings (SSSR count). The third-order valence-corrected chi connectivity index (χ3v) is 2.84. The quantitative estimate of drug-likeness (QED) is 0.644. The number of rotatable bonds is 5. The molecule has 0 spiro atoms. The summed E-state index contributed by atoms with van der Waals surface area (Å²) in [5.74, 6) is 8.16. The number of methoxy groups -OCH3 is 1. The second-order valence-electron chi connectivity index (χ2n) is 4.52. The van der Waals surface area contributed by atoms with Crippen LogP contribution in [0.25, 0.3) is 0 Å². The molecule has 1 aromatic carbocycles. The smallest absolute Gasteiger partial charge is 0.227 e. The first-order chi connectivity index (χ1) is 9.65. The van der Waals surface area contributed by atoms with Crippen molar-refractivity contribution in [3.8, 4) is 17.4 Å². The van der Waals surface area contributed by atoms with Crippen LogP contribution in [0.1, 0.15) is 25.3 Å². The fourth-order valence-electron chi connectivity index (χ4n) is 1.85. The van der Waals surface area contributed by atoms with Gasteiger partial charge in [-0.3, -0.25) is 0 Å². The maximum Gasteiger partial charge on any atom is 0.227 e. The minimum atomic E-state index is 0.176. The zero-order valence-corrected chi connectivity index (χ0v) is 11.8. The molecule has 1 heterocycles. The van der Waals surface area contributed by atoms with E-state index >= 15 is 0 Å². The van der Waals surface area contributed by atoms with Crippen LogP contribution in [0.2, 0.25) is 0 Å². The average molecular weight is 274 g/mol. The van der Waals surface area contributed by atoms with Crippen LogP contribution in [0, 0.1) is 0 Å². The van der Waals surface area contributed by atoms with Gasteiger partial charge >= 0.3 is 0 Å². The molecule has 0 saturated heterocycles. The number of hydrogen-bond acceptors (Lipinski definition) is 6. The Morgan fingerprint density at radius 1 is 1.10 bits per heavy atom. The van der Waals surface area contributed by atoms with Crippen molar-refractivity contribution in [2.75, 3.05) is 12.5 Å². The van der Waals surface area contributed by atoms with Crippen molar-refractivity contribution in [2.24, 2.45) is 5.84 Å². The molecule has 20 heavy (non-hydrogen) atoms. The SMILES string of the molecule is COc1ccc(Oc2ncnc(NN)c2C(C)C)cc1. The van der Waals surface area contributed by atoms with Crippen LogP contribution in [0.3, 0.4) is 0 Å². The van der Waals surface area contributed by atoms with Crippen molar-refractivity contribution in [2.45, 2.75) is 19.8 Å². The molecule has 2 aromatic rings. The number of anilines is 1. The van der Waals surface area contributed by atoms with E-state index in [1.54, 1.807) is 7.11 Å². The molecule has 0 amide bonds. The van der Waals surface area contributed by atoms with E-state index < -0.39 is 0 Å². The number of hydrogen-bond donors (Lipinski definition) is 2. The fourth-order valence-corrected chi connectivity index (χ4v) is 1.85. The first-order valence-electron chi connectivity index (χ1n) is 6.29. The highest BCUT2D eigenvalue weighted by Crippen LogP contribution is 2.32. The lowest BCUT2D eigenvalue weighted by Crippen LogP contribution is -2.13. The van der Waals surface area contributed by atoms with Gasteiger partial charge in [-0.05, 0) is 30.2 Å². The highest BCUT2D eigenvalue weighted by atomic mass is 16.5. The maximum absolute atomic E-state index is 5.81. The monoisotopic (exact) mass is 274 g/mol. The van der Waals surface area contributed by atoms with Crippen LogP contribution >= 0.6 is 0 Å². The molecule has 0 aliphatic heterocycles. The summed E-state index contributed by atoms with van der Waals surface area (Å²) in [4.78, 5) is 8.29. The predicted molar refractivity (Wildman–Crippen MR) is 77.0 cm³/mol. The minimum Gasteiger partial charge on any atom is -0.497 e. The zero-order valence-electron chi connectivity index (χ0n) is 11.8. The van der Waals surface area contributed by atoms with E-state index in [-0.39, 0.29) is 5.92 Å². The standard InChI is InChI=1S/C14H18N4O2/c1-9(2)12-13(18-15)16-8-17-14(12)20-11-6-4-10(19-3)5-7-11/h4-9H,15H2,1-3H3,(H,16,17,18). The van der Waals surface area contributed by atoms with Crippen molar-refractivity contribution in [1.29, 1.82) is 0 Å². The molecule has 0 unspecified atom stereocenters. The van der Waals surface area contributed by atoms with Gasteiger partial charge in [0.05, 0.1) is 12.7 Å². The fraction of sp³-hybridized carbons (Fsp3) is 0.286. The average Bonchev–Trinajstić information content (AvgIpc) is 2.47. The molecular formula is C14H18N4O2. The number of aromatic nitrogens is 2. The topological polar surface area (TPSA) is 82.3 Å². The summed E-state index contributed by atoms with van der Waals surface area (Å²) in [5.41, 5.74) is 3.41. The Morgan fingerprint density at radius 3 is 2.30 bits per heavy atom. The Morgan fingerprint density at radius 2 is 1.75 bits per heavy atom. The summed E-state index contributed by atoms with van der Waals surface area (Å²) < 4.78 is 10.9. The van der Waals surface area contributed by atoms with Crippen LogP contribution in [0.5, 0.6) is 17.4 Å². The summed E-state index contributed by atoms with van der Waals surface area (Å²) >= 11 is 0. The lowest BCUT2D eigenvalue weighted by molar-refractivity contribution is 0.411. The lowest BCUT2D eigenvalue weighted by atomic mass is 10.1. The maximum atomic E-state index is 5.81. The second-order valence-corrected chi connectivity index (χ2v) is 4.52. The van der Waals surface area contributed by atoms with Gasteiger partial charge < -0.3 is 14.9 Å². The van der Waals surface area contributed by atoms with E-state index in [9.17, 15) is 0 Å². The number of benzene rings is 1. The Bertz CT molecular complexity index is 570. The Labute approximate surface area is 117 Å². The molecule has 1 aromatic heterocycles. The lowest BCUT2D eigenvalue weighted by Gasteiger charge is -2.15. The van der Waals surface area contributed by atoms with E-state index in [4.69, 9.17) is 15.3 Å². The third kappa shape index (κ3) is 2.97. The molecule has 0 radical (unpaired) electrons. The van der Waals surface area contributed by atoms with Crippen molar-refractivity contribution in [3.63, 3.8) is 0 Å². The predicted octanol–water partition coefficient (Wildman–Crippen LogP) is 2.69.